The topological polar surface area (TPSA) is 63.6 Å². The van der Waals surface area contributed by atoms with Crippen molar-refractivity contribution in [2.24, 2.45) is 0 Å². The van der Waals surface area contributed by atoms with Crippen molar-refractivity contribution in [2.45, 2.75) is 17.5 Å². The Morgan fingerprint density at radius 3 is 2.10 bits per heavy atom. The summed E-state index contributed by atoms with van der Waals surface area (Å²) in [5, 5.41) is 0. The molecule has 1 aromatic carbocycles. The number of halogens is 5. The molecule has 1 rings (SSSR count). The van der Waals surface area contributed by atoms with Crippen LogP contribution in [0.1, 0.15) is 5.56 Å². The van der Waals surface area contributed by atoms with Gasteiger partial charge in [0.15, 0.2) is 0 Å². The third-order valence-corrected chi connectivity index (χ3v) is 3.00. The lowest BCUT2D eigenvalue weighted by Crippen LogP contribution is -2.42. The van der Waals surface area contributed by atoms with Crippen molar-refractivity contribution in [1.82, 2.24) is 0 Å². The molecule has 114 valence electrons. The van der Waals surface area contributed by atoms with E-state index in [4.69, 9.17) is 4.55 Å². The molecule has 1 unspecified atom stereocenters. The third-order valence-electron chi connectivity index (χ3n) is 2.22. The molecule has 0 aromatic heterocycles. The molecule has 1 atom stereocenters. The maximum absolute atomic E-state index is 13.5. The quantitative estimate of drug-likeness (QED) is 0.646. The van der Waals surface area contributed by atoms with Crippen LogP contribution in [0.25, 0.3) is 0 Å². The molecule has 10 heteroatoms. The molecule has 0 aliphatic heterocycles. The molecule has 0 bridgehead atoms. The molecule has 0 aliphatic rings. The van der Waals surface area contributed by atoms with Crippen LogP contribution in [0.2, 0.25) is 0 Å². The fourth-order valence-corrected chi connectivity index (χ4v) is 1.40. The van der Waals surface area contributed by atoms with E-state index in [9.17, 15) is 30.4 Å². The molecule has 1 N–H and O–H groups in total. The van der Waals surface area contributed by atoms with Crippen LogP contribution < -0.4 is 0 Å². The molecule has 0 heterocycles. The van der Waals surface area contributed by atoms with E-state index in [1.807, 2.05) is 0 Å². The number of rotatable bonds is 6. The van der Waals surface area contributed by atoms with Crippen molar-refractivity contribution in [3.63, 3.8) is 0 Å². The van der Waals surface area contributed by atoms with Crippen LogP contribution in [0.4, 0.5) is 22.0 Å². The zero-order valence-corrected chi connectivity index (χ0v) is 10.5. The van der Waals surface area contributed by atoms with Crippen LogP contribution in [0.3, 0.4) is 0 Å². The van der Waals surface area contributed by atoms with E-state index in [1.165, 1.54) is 6.07 Å². The van der Waals surface area contributed by atoms with Crippen LogP contribution >= 0.6 is 0 Å². The van der Waals surface area contributed by atoms with Crippen LogP contribution in [-0.2, 0) is 20.8 Å². The lowest BCUT2D eigenvalue weighted by atomic mass is 10.1. The predicted octanol–water partition coefficient (Wildman–Crippen LogP) is 2.57. The summed E-state index contributed by atoms with van der Waals surface area (Å²) in [6, 6.07) is 4.87. The fourth-order valence-electron chi connectivity index (χ4n) is 1.16. The van der Waals surface area contributed by atoms with Gasteiger partial charge in [0, 0.05) is 5.56 Å². The lowest BCUT2D eigenvalue weighted by Gasteiger charge is -2.26. The van der Waals surface area contributed by atoms with Gasteiger partial charge in [-0.05, 0) is 0 Å². The normalized spacial score (nSPS) is 15.1. The highest BCUT2D eigenvalue weighted by Gasteiger charge is 2.59. The van der Waals surface area contributed by atoms with Crippen molar-refractivity contribution in [1.29, 1.82) is 0 Å². The zero-order valence-electron chi connectivity index (χ0n) is 9.64. The number of ether oxygens (including phenoxy) is 1. The van der Waals surface area contributed by atoms with Gasteiger partial charge < -0.3 is 4.74 Å². The Bertz CT molecular complexity index is 546. The number of hydrogen-bond donors (Lipinski definition) is 1. The minimum atomic E-state index is -5.31. The van der Waals surface area contributed by atoms with E-state index in [0.717, 1.165) is 12.1 Å². The minimum Gasteiger partial charge on any atom is -0.311 e. The summed E-state index contributed by atoms with van der Waals surface area (Å²) in [7, 11) is -5.31. The van der Waals surface area contributed by atoms with Crippen molar-refractivity contribution in [3.8, 4) is 0 Å². The summed E-state index contributed by atoms with van der Waals surface area (Å²) >= 11 is 0. The molecule has 20 heavy (non-hydrogen) atoms. The highest BCUT2D eigenvalue weighted by Crippen LogP contribution is 2.43. The van der Waals surface area contributed by atoms with E-state index in [0.29, 0.717) is 12.1 Å². The van der Waals surface area contributed by atoms with Gasteiger partial charge in [-0.2, -0.15) is 26.0 Å². The van der Waals surface area contributed by atoms with E-state index < -0.39 is 39.8 Å². The van der Waals surface area contributed by atoms with E-state index >= 15 is 0 Å². The summed E-state index contributed by atoms with van der Waals surface area (Å²) in [4.78, 5) is 0. The van der Waals surface area contributed by atoms with Crippen LogP contribution in [0.15, 0.2) is 30.3 Å². The summed E-state index contributed by atoms with van der Waals surface area (Å²) in [6.07, 6.45) is -5.15. The smallest absolute Gasteiger partial charge is 0.311 e. The number of hydrogen-bond acceptors (Lipinski definition) is 3. The Morgan fingerprint density at radius 2 is 1.65 bits per heavy atom. The second-order valence-electron chi connectivity index (χ2n) is 3.69. The Hall–Kier alpha value is -1.26. The third kappa shape index (κ3) is 3.64. The molecule has 0 fully saturated rings. The van der Waals surface area contributed by atoms with Gasteiger partial charge in [0.25, 0.3) is 10.1 Å². The first kappa shape index (κ1) is 16.8. The average Bonchev–Trinajstić information content (AvgIpc) is 2.35. The van der Waals surface area contributed by atoms with Crippen LogP contribution in [0, 0.1) is 0 Å². The summed E-state index contributed by atoms with van der Waals surface area (Å²) in [5.74, 6) is -4.80. The first-order valence-electron chi connectivity index (χ1n) is 5.04. The first-order valence-corrected chi connectivity index (χ1v) is 6.54. The monoisotopic (exact) mass is 320 g/mol. The minimum absolute atomic E-state index is 0.701. The zero-order chi connectivity index (χ0) is 15.6. The summed E-state index contributed by atoms with van der Waals surface area (Å²) in [6.45, 7) is -1.94. The number of benzene rings is 1. The largest absolute Gasteiger partial charge is 0.424 e. The van der Waals surface area contributed by atoms with Crippen molar-refractivity contribution in [3.05, 3.63) is 35.9 Å². The van der Waals surface area contributed by atoms with Gasteiger partial charge in [0.05, 0.1) is 0 Å². The highest BCUT2D eigenvalue weighted by atomic mass is 32.2. The van der Waals surface area contributed by atoms with Crippen molar-refractivity contribution >= 4 is 10.1 Å². The Morgan fingerprint density at radius 1 is 1.15 bits per heavy atom. The second-order valence-corrected chi connectivity index (χ2v) is 5.23. The van der Waals surface area contributed by atoms with Gasteiger partial charge in [-0.25, -0.2) is 4.39 Å². The average molecular weight is 320 g/mol. The predicted molar refractivity (Wildman–Crippen MR) is 57.7 cm³/mol. The van der Waals surface area contributed by atoms with Crippen LogP contribution in [-0.4, -0.2) is 31.2 Å². The Balaban J connectivity index is 2.88. The molecule has 0 amide bonds. The van der Waals surface area contributed by atoms with Crippen molar-refractivity contribution in [2.75, 3.05) is 6.61 Å². The van der Waals surface area contributed by atoms with Gasteiger partial charge in [0.1, 0.15) is 6.61 Å². The summed E-state index contributed by atoms with van der Waals surface area (Å²) in [5.41, 5.74) is -4.34. The maximum Gasteiger partial charge on any atom is 0.424 e. The number of alkyl halides is 5. The van der Waals surface area contributed by atoms with E-state index in [2.05, 4.69) is 4.74 Å². The van der Waals surface area contributed by atoms with Gasteiger partial charge in [-0.1, -0.05) is 30.3 Å². The van der Waals surface area contributed by atoms with Gasteiger partial charge in [0.2, 0.25) is 5.50 Å². The Labute approximate surface area is 110 Å². The molecular formula is C10H9F5O4S. The van der Waals surface area contributed by atoms with E-state index in [-0.39, 0.29) is 0 Å². The SMILES string of the molecule is O=S(=O)(O)C(F)COC(F)(F)C(F)(F)c1ccccc1. The van der Waals surface area contributed by atoms with Crippen molar-refractivity contribution < 1.29 is 39.7 Å². The molecule has 0 saturated carbocycles. The Kier molecular flexibility index (Phi) is 4.72. The molecule has 0 aliphatic carbocycles. The molecule has 0 spiro atoms. The van der Waals surface area contributed by atoms with Gasteiger partial charge in [-0.3, -0.25) is 4.55 Å². The first-order chi connectivity index (χ1) is 8.98. The fraction of sp³-hybridized carbons (Fsp3) is 0.400. The molecular weight excluding hydrogens is 311 g/mol. The van der Waals surface area contributed by atoms with Crippen LogP contribution in [0.5, 0.6) is 0 Å². The molecule has 1 aromatic rings. The second kappa shape index (κ2) is 5.62. The van der Waals surface area contributed by atoms with Gasteiger partial charge in [-0.15, -0.1) is 0 Å². The molecule has 0 radical (unpaired) electrons. The van der Waals surface area contributed by atoms with E-state index in [1.54, 1.807) is 0 Å². The summed E-state index contributed by atoms with van der Waals surface area (Å²) < 4.78 is 98.1. The lowest BCUT2D eigenvalue weighted by molar-refractivity contribution is -0.355. The molecule has 4 nitrogen and oxygen atoms in total. The highest BCUT2D eigenvalue weighted by molar-refractivity contribution is 7.86. The standard InChI is InChI=1S/C10H9F5O4S/c11-8(20(16,17)18)6-19-10(14,15)9(12,13)7-4-2-1-3-5-7/h1-5,8H,6H2,(H,16,17,18). The maximum atomic E-state index is 13.5. The van der Waals surface area contributed by atoms with Gasteiger partial charge >= 0.3 is 12.0 Å². The molecule has 0 saturated heterocycles.